The Kier molecular flexibility index (Phi) is 3.75. The molecule has 0 bridgehead atoms. The summed E-state index contributed by atoms with van der Waals surface area (Å²) >= 11 is 0. The molecule has 0 fully saturated rings. The number of aromatic hydroxyl groups is 1. The number of aromatic amines is 1. The van der Waals surface area contributed by atoms with E-state index in [1.54, 1.807) is 12.4 Å². The van der Waals surface area contributed by atoms with Crippen LogP contribution < -0.4 is 0 Å². The van der Waals surface area contributed by atoms with E-state index in [-0.39, 0.29) is 0 Å². The van der Waals surface area contributed by atoms with Gasteiger partial charge in [0.15, 0.2) is 0 Å². The second kappa shape index (κ2) is 5.48. The van der Waals surface area contributed by atoms with Gasteiger partial charge in [-0.2, -0.15) is 5.10 Å². The van der Waals surface area contributed by atoms with Gasteiger partial charge < -0.3 is 5.11 Å². The van der Waals surface area contributed by atoms with Gasteiger partial charge in [-0.3, -0.25) is 5.10 Å². The quantitative estimate of drug-likeness (QED) is 0.777. The number of nitrogens with zero attached hydrogens (tertiary/aromatic N) is 2. The number of nitrogens with one attached hydrogen (secondary N) is 1. The summed E-state index contributed by atoms with van der Waals surface area (Å²) in [5, 5.41) is 16.0. The molecule has 17 heavy (non-hydrogen) atoms. The van der Waals surface area contributed by atoms with Crippen LogP contribution in [-0.4, -0.2) is 20.3 Å². The van der Waals surface area contributed by atoms with Gasteiger partial charge in [-0.15, -0.1) is 0 Å². The zero-order chi connectivity index (χ0) is 12.1. The van der Waals surface area contributed by atoms with Crippen molar-refractivity contribution in [2.75, 3.05) is 0 Å². The number of aryl methyl sites for hydroxylation is 3. The normalized spacial score (nSPS) is 10.6. The summed E-state index contributed by atoms with van der Waals surface area (Å²) in [4.78, 5) is 4.09. The lowest BCUT2D eigenvalue weighted by Gasteiger charge is -2.05. The third kappa shape index (κ3) is 3.31. The molecule has 0 aliphatic rings. The molecule has 4 heteroatoms. The number of benzene rings is 1. The molecule has 0 atom stereocenters. The number of phenols is 1. The van der Waals surface area contributed by atoms with Gasteiger partial charge in [0, 0.05) is 6.42 Å². The second-order valence-electron chi connectivity index (χ2n) is 4.25. The molecule has 0 aliphatic heterocycles. The van der Waals surface area contributed by atoms with Crippen LogP contribution in [0.2, 0.25) is 0 Å². The topological polar surface area (TPSA) is 61.8 Å². The van der Waals surface area contributed by atoms with Gasteiger partial charge in [-0.05, 0) is 49.4 Å². The number of hydrogen-bond acceptors (Lipinski definition) is 3. The maximum atomic E-state index is 9.31. The van der Waals surface area contributed by atoms with Crippen molar-refractivity contribution in [2.45, 2.75) is 32.6 Å². The minimum atomic E-state index is 0.341. The average Bonchev–Trinajstić information content (AvgIpc) is 2.79. The van der Waals surface area contributed by atoms with Crippen molar-refractivity contribution in [2.24, 2.45) is 0 Å². The molecular weight excluding hydrogens is 214 g/mol. The maximum Gasteiger partial charge on any atom is 0.137 e. The Morgan fingerprint density at radius 1 is 1.24 bits per heavy atom. The van der Waals surface area contributed by atoms with Crippen molar-refractivity contribution in [1.82, 2.24) is 15.2 Å². The van der Waals surface area contributed by atoms with Gasteiger partial charge in [0.25, 0.3) is 0 Å². The van der Waals surface area contributed by atoms with E-state index >= 15 is 0 Å². The van der Waals surface area contributed by atoms with Crippen LogP contribution in [0.1, 0.15) is 29.8 Å². The molecule has 0 amide bonds. The summed E-state index contributed by atoms with van der Waals surface area (Å²) in [7, 11) is 0. The zero-order valence-electron chi connectivity index (χ0n) is 9.98. The second-order valence-corrected chi connectivity index (χ2v) is 4.25. The Bertz CT molecular complexity index is 466. The van der Waals surface area contributed by atoms with E-state index in [9.17, 15) is 5.11 Å². The summed E-state index contributed by atoms with van der Waals surface area (Å²) in [6.45, 7) is 2.03. The largest absolute Gasteiger partial charge is 0.508 e. The number of aromatic nitrogens is 3. The maximum absolute atomic E-state index is 9.31. The number of unbranched alkanes of at least 4 members (excludes halogenated alkanes) is 1. The highest BCUT2D eigenvalue weighted by Crippen LogP contribution is 2.17. The Morgan fingerprint density at radius 2 is 2.06 bits per heavy atom. The molecule has 0 unspecified atom stereocenters. The van der Waals surface area contributed by atoms with Crippen LogP contribution in [0, 0.1) is 6.92 Å². The fourth-order valence-corrected chi connectivity index (χ4v) is 1.92. The van der Waals surface area contributed by atoms with Crippen molar-refractivity contribution in [1.29, 1.82) is 0 Å². The molecule has 0 aliphatic carbocycles. The Hall–Kier alpha value is -1.84. The Morgan fingerprint density at radius 3 is 2.76 bits per heavy atom. The van der Waals surface area contributed by atoms with Crippen LogP contribution >= 0.6 is 0 Å². The number of hydrogen-bond donors (Lipinski definition) is 2. The molecule has 0 spiro atoms. The van der Waals surface area contributed by atoms with E-state index in [0.717, 1.165) is 37.1 Å². The highest BCUT2D eigenvalue weighted by molar-refractivity contribution is 5.33. The van der Waals surface area contributed by atoms with E-state index in [2.05, 4.69) is 15.2 Å². The van der Waals surface area contributed by atoms with Crippen LogP contribution in [0.3, 0.4) is 0 Å². The minimum absolute atomic E-state index is 0.341. The number of rotatable bonds is 5. The predicted molar refractivity (Wildman–Crippen MR) is 65.9 cm³/mol. The molecule has 0 saturated carbocycles. The summed E-state index contributed by atoms with van der Waals surface area (Å²) in [5.41, 5.74) is 2.46. The number of H-pyrrole nitrogens is 1. The van der Waals surface area contributed by atoms with Crippen molar-refractivity contribution in [3.05, 3.63) is 41.5 Å². The third-order valence-corrected chi connectivity index (χ3v) is 2.90. The summed E-state index contributed by atoms with van der Waals surface area (Å²) in [5.74, 6) is 1.29. The van der Waals surface area contributed by atoms with Crippen molar-refractivity contribution < 1.29 is 5.11 Å². The molecule has 2 rings (SSSR count). The summed E-state index contributed by atoms with van der Waals surface area (Å²) < 4.78 is 0. The Labute approximate surface area is 101 Å². The van der Waals surface area contributed by atoms with Gasteiger partial charge in [-0.25, -0.2) is 4.98 Å². The first kappa shape index (κ1) is 11.6. The number of phenolic OH excluding ortho intramolecular Hbond substituents is 1. The van der Waals surface area contributed by atoms with Gasteiger partial charge in [0.05, 0.1) is 0 Å². The van der Waals surface area contributed by atoms with E-state index < -0.39 is 0 Å². The van der Waals surface area contributed by atoms with Crippen LogP contribution in [0.25, 0.3) is 0 Å². The molecule has 2 aromatic rings. The smallest absolute Gasteiger partial charge is 0.137 e. The lowest BCUT2D eigenvalue weighted by atomic mass is 10.0. The molecule has 0 radical (unpaired) electrons. The molecule has 4 nitrogen and oxygen atoms in total. The molecule has 2 N–H and O–H groups in total. The first-order chi connectivity index (χ1) is 8.25. The highest BCUT2D eigenvalue weighted by atomic mass is 16.3. The van der Waals surface area contributed by atoms with Gasteiger partial charge >= 0.3 is 0 Å². The van der Waals surface area contributed by atoms with Crippen LogP contribution in [0.15, 0.2) is 24.5 Å². The summed E-state index contributed by atoms with van der Waals surface area (Å²) in [6, 6.07) is 5.56. The first-order valence-electron chi connectivity index (χ1n) is 5.88. The fourth-order valence-electron chi connectivity index (χ4n) is 1.92. The van der Waals surface area contributed by atoms with E-state index in [0.29, 0.717) is 5.75 Å². The average molecular weight is 231 g/mol. The molecular formula is C13H17N3O. The monoisotopic (exact) mass is 231 g/mol. The van der Waals surface area contributed by atoms with E-state index in [4.69, 9.17) is 0 Å². The highest BCUT2D eigenvalue weighted by Gasteiger charge is 2.00. The lowest BCUT2D eigenvalue weighted by molar-refractivity contribution is 0.474. The van der Waals surface area contributed by atoms with Crippen molar-refractivity contribution in [3.63, 3.8) is 0 Å². The standard InChI is InChI=1S/C13H17N3O/c1-10-8-12(17)7-6-11(10)4-2-3-5-13-14-9-15-16-13/h6-9,17H,2-5H2,1H3,(H,14,15,16). The lowest BCUT2D eigenvalue weighted by Crippen LogP contribution is -1.93. The molecule has 0 saturated heterocycles. The van der Waals surface area contributed by atoms with Gasteiger partial charge in [-0.1, -0.05) is 6.07 Å². The molecule has 90 valence electrons. The van der Waals surface area contributed by atoms with Gasteiger partial charge in [0.1, 0.15) is 17.9 Å². The molecule has 1 aromatic carbocycles. The molecule has 1 heterocycles. The van der Waals surface area contributed by atoms with Crippen LogP contribution in [0.5, 0.6) is 5.75 Å². The zero-order valence-corrected chi connectivity index (χ0v) is 9.98. The van der Waals surface area contributed by atoms with Gasteiger partial charge in [0.2, 0.25) is 0 Å². The summed E-state index contributed by atoms with van der Waals surface area (Å²) in [6.07, 6.45) is 5.73. The van der Waals surface area contributed by atoms with Crippen molar-refractivity contribution >= 4 is 0 Å². The molecule has 1 aromatic heterocycles. The van der Waals surface area contributed by atoms with Crippen LogP contribution in [0.4, 0.5) is 0 Å². The predicted octanol–water partition coefficient (Wildman–Crippen LogP) is 2.38. The SMILES string of the molecule is Cc1cc(O)ccc1CCCCc1ncn[nH]1. The van der Waals surface area contributed by atoms with Crippen molar-refractivity contribution in [3.8, 4) is 5.75 Å². The van der Waals surface area contributed by atoms with E-state index in [1.165, 1.54) is 5.56 Å². The van der Waals surface area contributed by atoms with E-state index in [1.807, 2.05) is 19.1 Å². The Balaban J connectivity index is 1.78. The third-order valence-electron chi connectivity index (χ3n) is 2.90. The first-order valence-corrected chi connectivity index (χ1v) is 5.88. The van der Waals surface area contributed by atoms with Crippen LogP contribution in [-0.2, 0) is 12.8 Å². The fraction of sp³-hybridized carbons (Fsp3) is 0.385. The minimum Gasteiger partial charge on any atom is -0.508 e.